The third-order valence-electron chi connectivity index (χ3n) is 3.81. The minimum absolute atomic E-state index is 0.0408. The highest BCUT2D eigenvalue weighted by Crippen LogP contribution is 2.25. The average Bonchev–Trinajstić information content (AvgIpc) is 3.00. The van der Waals surface area contributed by atoms with Crippen molar-refractivity contribution in [3.05, 3.63) is 41.2 Å². The van der Waals surface area contributed by atoms with Crippen LogP contribution in [0.15, 0.2) is 24.4 Å². The Morgan fingerprint density at radius 2 is 2.03 bits per heavy atom. The molecule has 2 aromatic rings. The summed E-state index contributed by atoms with van der Waals surface area (Å²) >= 11 is 0. The largest absolute Gasteiger partial charge is 0.492 e. The van der Waals surface area contributed by atoms with Gasteiger partial charge >= 0.3 is 5.97 Å². The molecule has 0 saturated heterocycles. The second kappa shape index (κ2) is 9.24. The SMILES string of the molecule is CCOC(=O)Cn1cc(C(=O)Nc2ccc(OCC(C)(C)C)c(C#N)c2)c(C)n1. The molecule has 154 valence electrons. The van der Waals surface area contributed by atoms with Gasteiger partial charge in [0.1, 0.15) is 18.4 Å². The highest BCUT2D eigenvalue weighted by Gasteiger charge is 2.17. The summed E-state index contributed by atoms with van der Waals surface area (Å²) in [6, 6.07) is 6.99. The summed E-state index contributed by atoms with van der Waals surface area (Å²) in [5.74, 6) is -0.338. The van der Waals surface area contributed by atoms with Crippen LogP contribution in [0.4, 0.5) is 5.69 Å². The third kappa shape index (κ3) is 6.35. The summed E-state index contributed by atoms with van der Waals surface area (Å²) in [7, 11) is 0. The fourth-order valence-corrected chi connectivity index (χ4v) is 2.47. The van der Waals surface area contributed by atoms with Gasteiger partial charge in [-0.25, -0.2) is 0 Å². The summed E-state index contributed by atoms with van der Waals surface area (Å²) in [4.78, 5) is 24.2. The maximum absolute atomic E-state index is 12.6. The van der Waals surface area contributed by atoms with Crippen molar-refractivity contribution in [2.45, 2.75) is 41.2 Å². The van der Waals surface area contributed by atoms with Crippen LogP contribution in [0.2, 0.25) is 0 Å². The van der Waals surface area contributed by atoms with Crippen LogP contribution in [0.3, 0.4) is 0 Å². The molecule has 1 N–H and O–H groups in total. The van der Waals surface area contributed by atoms with E-state index in [1.54, 1.807) is 32.0 Å². The lowest BCUT2D eigenvalue weighted by molar-refractivity contribution is -0.144. The molecular weight excluding hydrogens is 372 g/mol. The van der Waals surface area contributed by atoms with Gasteiger partial charge in [0.2, 0.25) is 0 Å². The first-order valence-electron chi connectivity index (χ1n) is 9.31. The van der Waals surface area contributed by atoms with E-state index in [0.29, 0.717) is 34.9 Å². The Kier molecular flexibility index (Phi) is 6.99. The number of hydrogen-bond donors (Lipinski definition) is 1. The van der Waals surface area contributed by atoms with Gasteiger partial charge in [-0.05, 0) is 37.5 Å². The summed E-state index contributed by atoms with van der Waals surface area (Å²) < 4.78 is 12.0. The summed E-state index contributed by atoms with van der Waals surface area (Å²) in [6.07, 6.45) is 1.49. The van der Waals surface area contributed by atoms with Crippen molar-refractivity contribution < 1.29 is 19.1 Å². The molecule has 1 aromatic heterocycles. The van der Waals surface area contributed by atoms with E-state index in [1.165, 1.54) is 10.9 Å². The predicted molar refractivity (Wildman–Crippen MR) is 108 cm³/mol. The van der Waals surface area contributed by atoms with Gasteiger partial charge in [0.15, 0.2) is 0 Å². The van der Waals surface area contributed by atoms with E-state index >= 15 is 0 Å². The number of ether oxygens (including phenoxy) is 2. The molecule has 8 nitrogen and oxygen atoms in total. The normalized spacial score (nSPS) is 10.9. The van der Waals surface area contributed by atoms with Gasteiger partial charge in [-0.15, -0.1) is 0 Å². The van der Waals surface area contributed by atoms with E-state index in [-0.39, 0.29) is 24.5 Å². The van der Waals surface area contributed by atoms with Crippen LogP contribution in [-0.4, -0.2) is 34.9 Å². The molecule has 0 aliphatic heterocycles. The molecule has 0 radical (unpaired) electrons. The smallest absolute Gasteiger partial charge is 0.327 e. The zero-order chi connectivity index (χ0) is 21.6. The second-order valence-corrected chi connectivity index (χ2v) is 7.76. The molecule has 1 heterocycles. The molecule has 2 rings (SSSR count). The first kappa shape index (κ1) is 22.0. The third-order valence-corrected chi connectivity index (χ3v) is 3.81. The van der Waals surface area contributed by atoms with E-state index in [0.717, 1.165) is 0 Å². The molecular formula is C21H26N4O4. The number of carbonyl (C=O) groups is 2. The lowest BCUT2D eigenvalue weighted by Crippen LogP contribution is -2.17. The van der Waals surface area contributed by atoms with Crippen LogP contribution >= 0.6 is 0 Å². The number of amides is 1. The highest BCUT2D eigenvalue weighted by molar-refractivity contribution is 6.05. The van der Waals surface area contributed by atoms with Gasteiger partial charge in [0.05, 0.1) is 30.0 Å². The van der Waals surface area contributed by atoms with Crippen LogP contribution in [0.25, 0.3) is 0 Å². The Hall–Kier alpha value is -3.34. The monoisotopic (exact) mass is 398 g/mol. The maximum atomic E-state index is 12.6. The van der Waals surface area contributed by atoms with Crippen LogP contribution in [-0.2, 0) is 16.1 Å². The minimum atomic E-state index is -0.425. The fourth-order valence-electron chi connectivity index (χ4n) is 2.47. The van der Waals surface area contributed by atoms with Gasteiger partial charge in [-0.2, -0.15) is 10.4 Å². The van der Waals surface area contributed by atoms with Crippen molar-refractivity contribution in [2.75, 3.05) is 18.5 Å². The Morgan fingerprint density at radius 1 is 1.31 bits per heavy atom. The predicted octanol–water partition coefficient (Wildman–Crippen LogP) is 3.30. The molecule has 0 aliphatic carbocycles. The van der Waals surface area contributed by atoms with Crippen LogP contribution < -0.4 is 10.1 Å². The van der Waals surface area contributed by atoms with Gasteiger partial charge in [0.25, 0.3) is 5.91 Å². The molecule has 1 aromatic carbocycles. The molecule has 8 heteroatoms. The van der Waals surface area contributed by atoms with Gasteiger partial charge in [-0.1, -0.05) is 20.8 Å². The number of benzene rings is 1. The van der Waals surface area contributed by atoms with E-state index in [4.69, 9.17) is 9.47 Å². The van der Waals surface area contributed by atoms with Crippen LogP contribution in [0.1, 0.15) is 49.3 Å². The van der Waals surface area contributed by atoms with E-state index in [9.17, 15) is 14.9 Å². The number of rotatable bonds is 7. The lowest BCUT2D eigenvalue weighted by Gasteiger charge is -2.19. The summed E-state index contributed by atoms with van der Waals surface area (Å²) in [6.45, 7) is 10.2. The zero-order valence-corrected chi connectivity index (χ0v) is 17.4. The van der Waals surface area contributed by atoms with Gasteiger partial charge < -0.3 is 14.8 Å². The van der Waals surface area contributed by atoms with Crippen molar-refractivity contribution in [2.24, 2.45) is 5.41 Å². The molecule has 0 aliphatic rings. The Morgan fingerprint density at radius 3 is 2.66 bits per heavy atom. The van der Waals surface area contributed by atoms with Crippen molar-refractivity contribution in [3.63, 3.8) is 0 Å². The number of hydrogen-bond acceptors (Lipinski definition) is 6. The fraction of sp³-hybridized carbons (Fsp3) is 0.429. The number of nitriles is 1. The number of carbonyl (C=O) groups excluding carboxylic acids is 2. The quantitative estimate of drug-likeness (QED) is 0.717. The Balaban J connectivity index is 2.12. The first-order chi connectivity index (χ1) is 13.6. The molecule has 1 amide bonds. The maximum Gasteiger partial charge on any atom is 0.327 e. The minimum Gasteiger partial charge on any atom is -0.492 e. The van der Waals surface area contributed by atoms with Crippen molar-refractivity contribution in [3.8, 4) is 11.8 Å². The number of anilines is 1. The molecule has 29 heavy (non-hydrogen) atoms. The van der Waals surface area contributed by atoms with Gasteiger partial charge in [0, 0.05) is 11.9 Å². The number of aromatic nitrogens is 2. The van der Waals surface area contributed by atoms with Crippen molar-refractivity contribution in [1.29, 1.82) is 5.26 Å². The van der Waals surface area contributed by atoms with Crippen molar-refractivity contribution in [1.82, 2.24) is 9.78 Å². The standard InChI is InChI=1S/C21H26N4O4/c1-6-28-19(26)12-25-11-17(14(2)24-25)20(27)23-16-7-8-18(15(9-16)10-22)29-13-21(3,4)5/h7-9,11H,6,12-13H2,1-5H3,(H,23,27). The Labute approximate surface area is 170 Å². The van der Waals surface area contributed by atoms with E-state index in [1.807, 2.05) is 20.8 Å². The van der Waals surface area contributed by atoms with Crippen molar-refractivity contribution >= 4 is 17.6 Å². The zero-order valence-electron chi connectivity index (χ0n) is 17.4. The lowest BCUT2D eigenvalue weighted by atomic mass is 9.98. The van der Waals surface area contributed by atoms with E-state index < -0.39 is 5.97 Å². The van der Waals surface area contributed by atoms with Crippen LogP contribution in [0.5, 0.6) is 5.75 Å². The molecule has 0 unspecified atom stereocenters. The average molecular weight is 398 g/mol. The first-order valence-corrected chi connectivity index (χ1v) is 9.31. The topological polar surface area (TPSA) is 106 Å². The second-order valence-electron chi connectivity index (χ2n) is 7.76. The molecule has 0 saturated carbocycles. The van der Waals surface area contributed by atoms with E-state index in [2.05, 4.69) is 16.5 Å². The number of nitrogens with one attached hydrogen (secondary N) is 1. The summed E-state index contributed by atoms with van der Waals surface area (Å²) in [5, 5.41) is 16.3. The van der Waals surface area contributed by atoms with Gasteiger partial charge in [-0.3, -0.25) is 14.3 Å². The number of esters is 1. The molecule has 0 atom stereocenters. The highest BCUT2D eigenvalue weighted by atomic mass is 16.5. The number of aryl methyl sites for hydroxylation is 1. The Bertz CT molecular complexity index is 935. The number of nitrogens with zero attached hydrogens (tertiary/aromatic N) is 3. The molecule has 0 spiro atoms. The molecule has 0 fully saturated rings. The summed E-state index contributed by atoms with van der Waals surface area (Å²) in [5.41, 5.74) is 1.58. The van der Waals surface area contributed by atoms with Crippen LogP contribution in [0, 0.1) is 23.7 Å². The molecule has 0 bridgehead atoms.